The molecule has 1 aromatic carbocycles. The molecule has 0 aliphatic carbocycles. The number of benzene rings is 1. The van der Waals surface area contributed by atoms with Crippen molar-refractivity contribution in [3.8, 4) is 0 Å². The summed E-state index contributed by atoms with van der Waals surface area (Å²) in [4.78, 5) is 12.1. The van der Waals surface area contributed by atoms with Crippen LogP contribution >= 0.6 is 11.6 Å². The molecule has 8 heteroatoms. The number of carbonyl (C=O) groups is 1. The molecule has 0 aliphatic rings. The van der Waals surface area contributed by atoms with Crippen LogP contribution < -0.4 is 5.43 Å². The summed E-state index contributed by atoms with van der Waals surface area (Å²) in [7, 11) is 1.83. The number of hydrogen-bond acceptors (Lipinski definition) is 4. The number of halogens is 1. The Labute approximate surface area is 149 Å². The zero-order valence-corrected chi connectivity index (χ0v) is 14.6. The van der Waals surface area contributed by atoms with Crippen molar-refractivity contribution in [2.75, 3.05) is 0 Å². The van der Waals surface area contributed by atoms with E-state index in [0.29, 0.717) is 17.1 Å². The first-order chi connectivity index (χ1) is 12.0. The number of nitrogens with one attached hydrogen (secondary N) is 1. The van der Waals surface area contributed by atoms with Gasteiger partial charge >= 0.3 is 0 Å². The smallest absolute Gasteiger partial charge is 0.271 e. The minimum Gasteiger partial charge on any atom is -0.275 e. The summed E-state index contributed by atoms with van der Waals surface area (Å²) >= 11 is 5.84. The quantitative estimate of drug-likeness (QED) is 0.563. The summed E-state index contributed by atoms with van der Waals surface area (Å²) < 4.78 is 3.43. The number of nitrogens with zero attached hydrogens (tertiary/aromatic N) is 5. The number of aromatic nitrogens is 4. The molecule has 3 rings (SSSR count). The third-order valence-electron chi connectivity index (χ3n) is 3.58. The lowest BCUT2D eigenvalue weighted by molar-refractivity contribution is 0.0955. The first kappa shape index (κ1) is 16.9. The summed E-state index contributed by atoms with van der Waals surface area (Å²) in [5, 5.41) is 12.9. The Morgan fingerprint density at radius 1 is 1.32 bits per heavy atom. The first-order valence-corrected chi connectivity index (χ1v) is 7.99. The number of amides is 1. The van der Waals surface area contributed by atoms with Crippen molar-refractivity contribution < 1.29 is 4.79 Å². The minimum absolute atomic E-state index is 0.272. The molecule has 25 heavy (non-hydrogen) atoms. The molecular weight excluding hydrogens is 340 g/mol. The molecule has 3 aromatic rings. The van der Waals surface area contributed by atoms with Gasteiger partial charge in [0.1, 0.15) is 0 Å². The highest BCUT2D eigenvalue weighted by atomic mass is 35.5. The second-order valence-electron chi connectivity index (χ2n) is 5.60. The maximum absolute atomic E-state index is 12.1. The van der Waals surface area contributed by atoms with E-state index in [1.165, 1.54) is 0 Å². The molecule has 0 atom stereocenters. The fourth-order valence-corrected chi connectivity index (χ4v) is 2.50. The van der Waals surface area contributed by atoms with E-state index < -0.39 is 0 Å². The number of aryl methyl sites for hydroxylation is 2. The van der Waals surface area contributed by atoms with Gasteiger partial charge in [0.05, 0.1) is 29.7 Å². The summed E-state index contributed by atoms with van der Waals surface area (Å²) in [6.07, 6.45) is 6.75. The second-order valence-corrected chi connectivity index (χ2v) is 6.03. The molecule has 1 amide bonds. The van der Waals surface area contributed by atoms with Gasteiger partial charge in [-0.05, 0) is 24.6 Å². The predicted octanol–water partition coefficient (Wildman–Crippen LogP) is 2.39. The molecule has 0 unspecified atom stereocenters. The number of carbonyl (C=O) groups excluding carboxylic acids is 1. The van der Waals surface area contributed by atoms with E-state index in [0.717, 1.165) is 16.8 Å². The Balaban J connectivity index is 1.59. The van der Waals surface area contributed by atoms with Crippen LogP contribution in [0.15, 0.2) is 48.0 Å². The van der Waals surface area contributed by atoms with Crippen molar-refractivity contribution in [3.05, 3.63) is 70.3 Å². The van der Waals surface area contributed by atoms with Gasteiger partial charge in [-0.3, -0.25) is 14.2 Å². The van der Waals surface area contributed by atoms with E-state index in [2.05, 4.69) is 20.7 Å². The molecule has 0 saturated heterocycles. The zero-order chi connectivity index (χ0) is 17.8. The maximum atomic E-state index is 12.1. The van der Waals surface area contributed by atoms with Gasteiger partial charge in [0, 0.05) is 30.6 Å². The van der Waals surface area contributed by atoms with Crippen LogP contribution in [0.25, 0.3) is 0 Å². The topological polar surface area (TPSA) is 77.1 Å². The van der Waals surface area contributed by atoms with Crippen LogP contribution in [0.1, 0.15) is 27.2 Å². The molecule has 128 valence electrons. The highest BCUT2D eigenvalue weighted by molar-refractivity contribution is 6.30. The van der Waals surface area contributed by atoms with Crippen molar-refractivity contribution in [3.63, 3.8) is 0 Å². The minimum atomic E-state index is -0.272. The average Bonchev–Trinajstić information content (AvgIpc) is 3.13. The Kier molecular flexibility index (Phi) is 4.95. The predicted molar refractivity (Wildman–Crippen MR) is 95.8 cm³/mol. The number of rotatable bonds is 5. The molecule has 2 aromatic heterocycles. The van der Waals surface area contributed by atoms with Crippen LogP contribution in [-0.2, 0) is 13.6 Å². The average molecular weight is 357 g/mol. The van der Waals surface area contributed by atoms with Crippen LogP contribution in [0.4, 0.5) is 0 Å². The summed E-state index contributed by atoms with van der Waals surface area (Å²) in [5.41, 5.74) is 5.77. The summed E-state index contributed by atoms with van der Waals surface area (Å²) in [5.74, 6) is -0.272. The fraction of sp³-hybridized carbons (Fsp3) is 0.176. The Morgan fingerprint density at radius 2 is 2.08 bits per heavy atom. The lowest BCUT2D eigenvalue weighted by Crippen LogP contribution is -2.17. The van der Waals surface area contributed by atoms with Crippen LogP contribution in [0, 0.1) is 6.92 Å². The van der Waals surface area contributed by atoms with Crippen LogP contribution in [0.5, 0.6) is 0 Å². The number of hydrogen-bond donors (Lipinski definition) is 1. The summed E-state index contributed by atoms with van der Waals surface area (Å²) in [6.45, 7) is 2.47. The largest absolute Gasteiger partial charge is 0.275 e. The van der Waals surface area contributed by atoms with Gasteiger partial charge in [-0.2, -0.15) is 15.3 Å². The van der Waals surface area contributed by atoms with Gasteiger partial charge in [0.25, 0.3) is 5.91 Å². The highest BCUT2D eigenvalue weighted by Crippen LogP contribution is 2.09. The van der Waals surface area contributed by atoms with Crippen molar-refractivity contribution in [1.29, 1.82) is 0 Å². The van der Waals surface area contributed by atoms with E-state index in [9.17, 15) is 4.79 Å². The van der Waals surface area contributed by atoms with E-state index in [4.69, 9.17) is 11.6 Å². The summed E-state index contributed by atoms with van der Waals surface area (Å²) in [6, 6.07) is 7.25. The highest BCUT2D eigenvalue weighted by Gasteiger charge is 2.05. The monoisotopic (exact) mass is 356 g/mol. The van der Waals surface area contributed by atoms with Gasteiger partial charge in [0.2, 0.25) is 0 Å². The molecule has 0 saturated carbocycles. The standard InChI is InChI=1S/C17H17ClN6O/c1-12-15(10-23(2)22-12)7-19-21-17(25)14-5-3-13(4-6-14)9-24-11-16(18)8-20-24/h3-8,10-11H,9H2,1-2H3,(H,21,25). The Bertz CT molecular complexity index is 910. The molecule has 1 N–H and O–H groups in total. The van der Waals surface area contributed by atoms with Crippen LogP contribution in [0.3, 0.4) is 0 Å². The van der Waals surface area contributed by atoms with Crippen LogP contribution in [-0.4, -0.2) is 31.7 Å². The van der Waals surface area contributed by atoms with Crippen molar-refractivity contribution in [2.45, 2.75) is 13.5 Å². The Morgan fingerprint density at radius 3 is 2.68 bits per heavy atom. The maximum Gasteiger partial charge on any atom is 0.271 e. The molecule has 0 spiro atoms. The third-order valence-corrected chi connectivity index (χ3v) is 3.78. The molecule has 0 aliphatic heterocycles. The van der Waals surface area contributed by atoms with E-state index in [1.54, 1.807) is 40.1 Å². The molecular formula is C17H17ClN6O. The van der Waals surface area contributed by atoms with E-state index in [1.807, 2.05) is 32.3 Å². The zero-order valence-electron chi connectivity index (χ0n) is 13.8. The van der Waals surface area contributed by atoms with Gasteiger partial charge in [-0.25, -0.2) is 5.43 Å². The van der Waals surface area contributed by atoms with Crippen LogP contribution in [0.2, 0.25) is 5.02 Å². The third kappa shape index (κ3) is 4.33. The molecule has 0 bridgehead atoms. The fourth-order valence-electron chi connectivity index (χ4n) is 2.34. The van der Waals surface area contributed by atoms with Gasteiger partial charge < -0.3 is 0 Å². The number of hydrazone groups is 1. The van der Waals surface area contributed by atoms with Crippen molar-refractivity contribution >= 4 is 23.7 Å². The van der Waals surface area contributed by atoms with Crippen molar-refractivity contribution in [2.24, 2.45) is 12.1 Å². The molecule has 2 heterocycles. The lowest BCUT2D eigenvalue weighted by Gasteiger charge is -2.04. The Hall–Kier alpha value is -2.93. The normalized spacial score (nSPS) is 11.2. The molecule has 0 fully saturated rings. The lowest BCUT2D eigenvalue weighted by atomic mass is 10.1. The molecule has 7 nitrogen and oxygen atoms in total. The van der Waals surface area contributed by atoms with Gasteiger partial charge in [-0.15, -0.1) is 0 Å². The van der Waals surface area contributed by atoms with Gasteiger partial charge in [-0.1, -0.05) is 23.7 Å². The van der Waals surface area contributed by atoms with Gasteiger partial charge in [0.15, 0.2) is 0 Å². The van der Waals surface area contributed by atoms with E-state index >= 15 is 0 Å². The SMILES string of the molecule is Cc1nn(C)cc1C=NNC(=O)c1ccc(Cn2cc(Cl)cn2)cc1. The molecule has 0 radical (unpaired) electrons. The first-order valence-electron chi connectivity index (χ1n) is 7.62. The van der Waals surface area contributed by atoms with Crippen molar-refractivity contribution in [1.82, 2.24) is 25.0 Å². The second kappa shape index (κ2) is 7.31. The van der Waals surface area contributed by atoms with E-state index in [-0.39, 0.29) is 5.91 Å².